The number of alkyl halides is 3. The molecule has 1 spiro atoms. The highest BCUT2D eigenvalue weighted by Gasteiger charge is 2.45. The van der Waals surface area contributed by atoms with Gasteiger partial charge in [0.2, 0.25) is 5.95 Å². The Balaban J connectivity index is 0.000000279. The molecule has 1 aromatic heterocycles. The van der Waals surface area contributed by atoms with Gasteiger partial charge in [-0.3, -0.25) is 0 Å². The van der Waals surface area contributed by atoms with Gasteiger partial charge in [-0.1, -0.05) is 0 Å². The van der Waals surface area contributed by atoms with Gasteiger partial charge in [-0.15, -0.1) is 0 Å². The van der Waals surface area contributed by atoms with Crippen LogP contribution in [0.1, 0.15) is 30.5 Å². The smallest absolute Gasteiger partial charge is 0.475 e. The first-order valence-corrected chi connectivity index (χ1v) is 9.25. The second kappa shape index (κ2) is 7.82. The van der Waals surface area contributed by atoms with Crippen LogP contribution in [0.15, 0.2) is 6.20 Å². The second-order valence-corrected chi connectivity index (χ2v) is 7.94. The molecule has 0 bridgehead atoms. The van der Waals surface area contributed by atoms with Gasteiger partial charge in [0.15, 0.2) is 0 Å². The van der Waals surface area contributed by atoms with Crippen LogP contribution in [-0.2, 0) is 21.6 Å². The quantitative estimate of drug-likeness (QED) is 0.829. The van der Waals surface area contributed by atoms with E-state index in [4.69, 9.17) is 19.6 Å². The van der Waals surface area contributed by atoms with E-state index in [0.29, 0.717) is 6.61 Å². The molecule has 1 unspecified atom stereocenters. The van der Waals surface area contributed by atoms with Crippen LogP contribution >= 0.6 is 0 Å². The molecule has 0 aromatic carbocycles. The number of carboxylic acid groups (broad SMARTS) is 1. The van der Waals surface area contributed by atoms with E-state index < -0.39 is 12.1 Å². The molecule has 156 valence electrons. The topological polar surface area (TPSA) is 78.8 Å². The Hall–Kier alpha value is -1.94. The number of anilines is 1. The molecule has 1 atom stereocenters. The maximum absolute atomic E-state index is 10.6. The first-order chi connectivity index (χ1) is 13.1. The Bertz CT molecular complexity index is 725. The van der Waals surface area contributed by atoms with Gasteiger partial charge in [0, 0.05) is 38.9 Å². The van der Waals surface area contributed by atoms with Crippen LogP contribution in [0.2, 0.25) is 0 Å². The van der Waals surface area contributed by atoms with Gasteiger partial charge in [0.1, 0.15) is 0 Å². The molecule has 1 saturated heterocycles. The van der Waals surface area contributed by atoms with Crippen molar-refractivity contribution < 1.29 is 27.8 Å². The van der Waals surface area contributed by atoms with E-state index in [1.165, 1.54) is 37.2 Å². The molecular formula is C18H25F3N4O3. The van der Waals surface area contributed by atoms with Gasteiger partial charge in [-0.2, -0.15) is 13.2 Å². The second-order valence-electron chi connectivity index (χ2n) is 7.94. The molecule has 3 heterocycles. The van der Waals surface area contributed by atoms with Gasteiger partial charge >= 0.3 is 12.1 Å². The summed E-state index contributed by atoms with van der Waals surface area (Å²) >= 11 is 0. The Morgan fingerprint density at radius 3 is 2.68 bits per heavy atom. The first-order valence-electron chi connectivity index (χ1n) is 9.25. The Labute approximate surface area is 161 Å². The van der Waals surface area contributed by atoms with Gasteiger partial charge in [-0.25, -0.2) is 14.8 Å². The van der Waals surface area contributed by atoms with Crippen molar-refractivity contribution >= 4 is 11.9 Å². The molecule has 1 N–H and O–H groups in total. The van der Waals surface area contributed by atoms with E-state index in [0.717, 1.165) is 31.4 Å². The molecule has 2 fully saturated rings. The summed E-state index contributed by atoms with van der Waals surface area (Å²) in [7, 11) is 4.00. The van der Waals surface area contributed by atoms with Crippen molar-refractivity contribution in [1.29, 1.82) is 0 Å². The van der Waals surface area contributed by atoms with E-state index in [1.807, 2.05) is 25.2 Å². The first kappa shape index (κ1) is 20.8. The standard InChI is InChI=1S/C16H24N4O.C2HF3O2/c1-19(2)15-17-7-13-9-21-11-16(14(13)18-15)5-6-20(10-16)8-12-3-4-12;3-2(4,5)1(6)7/h7,12H,3-6,8-11H2,1-2H3;(H,6,7). The number of hydrogen-bond acceptors (Lipinski definition) is 6. The fraction of sp³-hybridized carbons (Fsp3) is 0.722. The molecule has 4 rings (SSSR count). The number of nitrogens with zero attached hydrogens (tertiary/aromatic N) is 4. The van der Waals surface area contributed by atoms with Crippen LogP contribution in [-0.4, -0.2) is 72.5 Å². The van der Waals surface area contributed by atoms with Gasteiger partial charge in [-0.05, 0) is 31.7 Å². The van der Waals surface area contributed by atoms with Crippen LogP contribution in [0.25, 0.3) is 0 Å². The van der Waals surface area contributed by atoms with Crippen molar-refractivity contribution in [1.82, 2.24) is 14.9 Å². The summed E-state index contributed by atoms with van der Waals surface area (Å²) < 4.78 is 37.6. The van der Waals surface area contributed by atoms with Crippen LogP contribution in [0, 0.1) is 5.92 Å². The van der Waals surface area contributed by atoms with Crippen LogP contribution < -0.4 is 4.90 Å². The number of carboxylic acids is 1. The summed E-state index contributed by atoms with van der Waals surface area (Å²) in [6.07, 6.45) is 0.881. The fourth-order valence-electron chi connectivity index (χ4n) is 3.69. The van der Waals surface area contributed by atoms with Crippen molar-refractivity contribution in [2.45, 2.75) is 37.5 Å². The summed E-state index contributed by atoms with van der Waals surface area (Å²) in [5.74, 6) is -0.991. The maximum Gasteiger partial charge on any atom is 0.490 e. The molecule has 2 aliphatic heterocycles. The minimum atomic E-state index is -5.08. The SMILES string of the molecule is CN(C)c1ncc2c(n1)C1(CCN(CC3CC3)C1)COC2.O=C(O)C(F)(F)F. The Morgan fingerprint density at radius 1 is 1.43 bits per heavy atom. The van der Waals surface area contributed by atoms with Crippen molar-refractivity contribution in [2.24, 2.45) is 5.92 Å². The van der Waals surface area contributed by atoms with Crippen LogP contribution in [0.5, 0.6) is 0 Å². The predicted molar refractivity (Wildman–Crippen MR) is 95.2 cm³/mol. The van der Waals surface area contributed by atoms with Crippen molar-refractivity contribution in [3.63, 3.8) is 0 Å². The van der Waals surface area contributed by atoms with Crippen LogP contribution in [0.3, 0.4) is 0 Å². The summed E-state index contributed by atoms with van der Waals surface area (Å²) in [6.45, 7) is 5.02. The van der Waals surface area contributed by atoms with Gasteiger partial charge < -0.3 is 19.6 Å². The summed E-state index contributed by atoms with van der Waals surface area (Å²) in [6, 6.07) is 0. The normalized spacial score (nSPS) is 24.5. The molecule has 0 amide bonds. The number of rotatable bonds is 3. The highest BCUT2D eigenvalue weighted by atomic mass is 19.4. The fourth-order valence-corrected chi connectivity index (χ4v) is 3.69. The summed E-state index contributed by atoms with van der Waals surface area (Å²) in [4.78, 5) is 22.8. The van der Waals surface area contributed by atoms with Crippen molar-refractivity contribution in [3.05, 3.63) is 17.5 Å². The lowest BCUT2D eigenvalue weighted by molar-refractivity contribution is -0.192. The third-order valence-corrected chi connectivity index (χ3v) is 5.28. The molecule has 1 aromatic rings. The molecule has 28 heavy (non-hydrogen) atoms. The zero-order valence-electron chi connectivity index (χ0n) is 16.0. The number of ether oxygens (including phenoxy) is 1. The third-order valence-electron chi connectivity index (χ3n) is 5.28. The highest BCUT2D eigenvalue weighted by molar-refractivity contribution is 5.73. The minimum Gasteiger partial charge on any atom is -0.475 e. The monoisotopic (exact) mass is 402 g/mol. The minimum absolute atomic E-state index is 0.0934. The highest BCUT2D eigenvalue weighted by Crippen LogP contribution is 2.41. The number of hydrogen-bond donors (Lipinski definition) is 1. The average molecular weight is 402 g/mol. The molecule has 10 heteroatoms. The van der Waals surface area contributed by atoms with Gasteiger partial charge in [0.25, 0.3) is 0 Å². The van der Waals surface area contributed by atoms with E-state index in [2.05, 4.69) is 9.88 Å². The predicted octanol–water partition coefficient (Wildman–Crippen LogP) is 2.06. The van der Waals surface area contributed by atoms with E-state index >= 15 is 0 Å². The summed E-state index contributed by atoms with van der Waals surface area (Å²) in [5, 5.41) is 7.12. The number of carbonyl (C=O) groups is 1. The summed E-state index contributed by atoms with van der Waals surface area (Å²) in [5.41, 5.74) is 2.52. The number of aromatic nitrogens is 2. The van der Waals surface area contributed by atoms with E-state index in [-0.39, 0.29) is 5.41 Å². The van der Waals surface area contributed by atoms with E-state index in [1.54, 1.807) is 0 Å². The molecule has 3 aliphatic rings. The third kappa shape index (κ3) is 4.72. The van der Waals surface area contributed by atoms with Crippen molar-refractivity contribution in [3.8, 4) is 0 Å². The molecule has 1 saturated carbocycles. The Kier molecular flexibility index (Phi) is 5.81. The lowest BCUT2D eigenvalue weighted by Crippen LogP contribution is -2.41. The lowest BCUT2D eigenvalue weighted by atomic mass is 9.80. The van der Waals surface area contributed by atoms with Gasteiger partial charge in [0.05, 0.1) is 24.3 Å². The lowest BCUT2D eigenvalue weighted by Gasteiger charge is -2.34. The molecule has 7 nitrogen and oxygen atoms in total. The zero-order chi connectivity index (χ0) is 20.5. The molecular weight excluding hydrogens is 377 g/mol. The molecule has 0 radical (unpaired) electrons. The number of halogens is 3. The zero-order valence-corrected chi connectivity index (χ0v) is 16.0. The largest absolute Gasteiger partial charge is 0.490 e. The van der Waals surface area contributed by atoms with E-state index in [9.17, 15) is 13.2 Å². The number of likely N-dealkylation sites (tertiary alicyclic amines) is 1. The number of fused-ring (bicyclic) bond motifs is 2. The Morgan fingerprint density at radius 2 is 2.11 bits per heavy atom. The maximum atomic E-state index is 10.6. The average Bonchev–Trinajstić information content (AvgIpc) is 3.35. The molecule has 1 aliphatic carbocycles. The van der Waals surface area contributed by atoms with Crippen LogP contribution in [0.4, 0.5) is 19.1 Å². The number of aliphatic carboxylic acids is 1. The van der Waals surface area contributed by atoms with Crippen molar-refractivity contribution in [2.75, 3.05) is 45.2 Å².